The number of halogens is 1. The molecule has 0 aliphatic carbocycles. The molecular weight excluding hydrogens is 407 g/mol. The lowest BCUT2D eigenvalue weighted by Gasteiger charge is -2.21. The number of pyridine rings is 1. The molecule has 0 fully saturated rings. The van der Waals surface area contributed by atoms with Crippen molar-refractivity contribution in [3.8, 4) is 0 Å². The monoisotopic (exact) mass is 430 g/mol. The molecule has 2 aromatic carbocycles. The molecule has 32 heavy (non-hydrogen) atoms. The molecule has 0 atom stereocenters. The van der Waals surface area contributed by atoms with Crippen molar-refractivity contribution in [2.75, 3.05) is 16.8 Å². The van der Waals surface area contributed by atoms with Crippen LogP contribution in [0.25, 0.3) is 0 Å². The van der Waals surface area contributed by atoms with Gasteiger partial charge in [-0.05, 0) is 54.3 Å². The zero-order chi connectivity index (χ0) is 22.7. The predicted molar refractivity (Wildman–Crippen MR) is 123 cm³/mol. The van der Waals surface area contributed by atoms with Crippen LogP contribution in [-0.2, 0) is 16.0 Å². The number of benzene rings is 2. The molecule has 7 heteroatoms. The molecule has 0 radical (unpaired) electrons. The molecule has 0 unspecified atom stereocenters. The first-order chi connectivity index (χ1) is 15.4. The minimum absolute atomic E-state index is 0.0358. The second-order valence-corrected chi connectivity index (χ2v) is 7.62. The zero-order valence-electron chi connectivity index (χ0n) is 17.9. The summed E-state index contributed by atoms with van der Waals surface area (Å²) in [4.78, 5) is 36.2. The molecule has 0 saturated heterocycles. The largest absolute Gasteiger partial charge is 0.324 e. The number of carbonyl (C=O) groups is 2. The van der Waals surface area contributed by atoms with E-state index in [1.54, 1.807) is 31.3 Å². The van der Waals surface area contributed by atoms with Gasteiger partial charge < -0.3 is 5.32 Å². The summed E-state index contributed by atoms with van der Waals surface area (Å²) in [7, 11) is 0. The third-order valence-corrected chi connectivity index (χ3v) is 5.37. The summed E-state index contributed by atoms with van der Waals surface area (Å²) in [6.45, 7) is 3.60. The normalized spacial score (nSPS) is 13.3. The van der Waals surface area contributed by atoms with Crippen molar-refractivity contribution in [3.63, 3.8) is 0 Å². The van der Waals surface area contributed by atoms with E-state index in [1.165, 1.54) is 22.6 Å². The van der Waals surface area contributed by atoms with E-state index in [9.17, 15) is 14.0 Å². The Kier molecular flexibility index (Phi) is 6.07. The SMILES string of the molecule is CCc1ccc(C2=Nc3cccnc3N(CC(=O)Nc3cc(F)ccc3C)C(=O)C2)cc1. The fourth-order valence-corrected chi connectivity index (χ4v) is 3.55. The summed E-state index contributed by atoms with van der Waals surface area (Å²) in [6, 6.07) is 15.6. The Morgan fingerprint density at radius 3 is 2.69 bits per heavy atom. The summed E-state index contributed by atoms with van der Waals surface area (Å²) in [5, 5.41) is 2.69. The number of hydrogen-bond acceptors (Lipinski definition) is 4. The van der Waals surface area contributed by atoms with Crippen LogP contribution in [0.3, 0.4) is 0 Å². The lowest BCUT2D eigenvalue weighted by molar-refractivity contribution is -0.120. The molecule has 6 nitrogen and oxygen atoms in total. The van der Waals surface area contributed by atoms with E-state index < -0.39 is 11.7 Å². The van der Waals surface area contributed by atoms with Crippen LogP contribution < -0.4 is 10.2 Å². The smallest absolute Gasteiger partial charge is 0.244 e. The van der Waals surface area contributed by atoms with Crippen molar-refractivity contribution in [3.05, 3.63) is 83.3 Å². The van der Waals surface area contributed by atoms with Gasteiger partial charge in [-0.1, -0.05) is 37.3 Å². The topological polar surface area (TPSA) is 74.7 Å². The third-order valence-electron chi connectivity index (χ3n) is 5.37. The summed E-state index contributed by atoms with van der Waals surface area (Å²) in [5.74, 6) is -0.856. The highest BCUT2D eigenvalue weighted by atomic mass is 19.1. The van der Waals surface area contributed by atoms with Crippen LogP contribution in [0.1, 0.15) is 30.0 Å². The van der Waals surface area contributed by atoms with E-state index >= 15 is 0 Å². The lowest BCUT2D eigenvalue weighted by Crippen LogP contribution is -2.39. The lowest BCUT2D eigenvalue weighted by atomic mass is 10.0. The predicted octanol–water partition coefficient (Wildman–Crippen LogP) is 4.59. The van der Waals surface area contributed by atoms with E-state index in [1.807, 2.05) is 24.3 Å². The number of fused-ring (bicyclic) bond motifs is 1. The molecule has 4 rings (SSSR count). The molecule has 2 amide bonds. The first-order valence-electron chi connectivity index (χ1n) is 10.4. The zero-order valence-corrected chi connectivity index (χ0v) is 17.9. The van der Waals surface area contributed by atoms with Crippen molar-refractivity contribution in [2.24, 2.45) is 4.99 Å². The number of nitrogens with zero attached hydrogens (tertiary/aromatic N) is 3. The van der Waals surface area contributed by atoms with Crippen LogP contribution in [0.2, 0.25) is 0 Å². The van der Waals surface area contributed by atoms with Crippen molar-refractivity contribution < 1.29 is 14.0 Å². The van der Waals surface area contributed by atoms with Crippen LogP contribution >= 0.6 is 0 Å². The van der Waals surface area contributed by atoms with Crippen LogP contribution in [0.4, 0.5) is 21.6 Å². The van der Waals surface area contributed by atoms with Gasteiger partial charge in [0.15, 0.2) is 5.82 Å². The highest BCUT2D eigenvalue weighted by Gasteiger charge is 2.28. The van der Waals surface area contributed by atoms with Gasteiger partial charge in [0.05, 0.1) is 12.1 Å². The van der Waals surface area contributed by atoms with Crippen molar-refractivity contribution in [2.45, 2.75) is 26.7 Å². The van der Waals surface area contributed by atoms with Crippen molar-refractivity contribution >= 4 is 34.7 Å². The van der Waals surface area contributed by atoms with Crippen LogP contribution in [0, 0.1) is 12.7 Å². The van der Waals surface area contributed by atoms with E-state index in [4.69, 9.17) is 4.99 Å². The summed E-state index contributed by atoms with van der Waals surface area (Å²) < 4.78 is 13.6. The van der Waals surface area contributed by atoms with Crippen molar-refractivity contribution in [1.82, 2.24) is 4.98 Å². The standard InChI is InChI=1S/C25H23FN4O2/c1-3-17-7-9-18(10-8-17)22-14-24(32)30(25-20(28-22)5-4-12-27-25)15-23(31)29-21-13-19(26)11-6-16(21)2/h4-13H,3,14-15H2,1-2H3,(H,29,31). The Morgan fingerprint density at radius 1 is 1.16 bits per heavy atom. The Balaban J connectivity index is 1.60. The summed E-state index contributed by atoms with van der Waals surface area (Å²) in [5.41, 5.74) is 4.28. The Bertz CT molecular complexity index is 1200. The molecule has 162 valence electrons. The van der Waals surface area contributed by atoms with Gasteiger partial charge in [0.25, 0.3) is 0 Å². The first kappa shape index (κ1) is 21.4. The van der Waals surface area contributed by atoms with Gasteiger partial charge in [-0.2, -0.15) is 0 Å². The van der Waals surface area contributed by atoms with E-state index in [0.29, 0.717) is 22.9 Å². The summed E-state index contributed by atoms with van der Waals surface area (Å²) in [6.07, 6.45) is 2.52. The van der Waals surface area contributed by atoms with E-state index in [-0.39, 0.29) is 18.9 Å². The Labute approximate surface area is 185 Å². The number of rotatable bonds is 5. The number of carbonyl (C=O) groups excluding carboxylic acids is 2. The average Bonchev–Trinajstić information content (AvgIpc) is 2.93. The van der Waals surface area contributed by atoms with Gasteiger partial charge >= 0.3 is 0 Å². The molecule has 1 aromatic heterocycles. The summed E-state index contributed by atoms with van der Waals surface area (Å²) >= 11 is 0. The van der Waals surface area contributed by atoms with Crippen LogP contribution in [0.5, 0.6) is 0 Å². The minimum atomic E-state index is -0.448. The maximum absolute atomic E-state index is 13.6. The molecule has 1 aliphatic heterocycles. The quantitative estimate of drug-likeness (QED) is 0.643. The van der Waals surface area contributed by atoms with Gasteiger partial charge in [0.1, 0.15) is 18.0 Å². The first-order valence-corrected chi connectivity index (χ1v) is 10.4. The second-order valence-electron chi connectivity index (χ2n) is 7.62. The number of aromatic nitrogens is 1. The molecule has 0 saturated carbocycles. The molecule has 1 N–H and O–H groups in total. The van der Waals surface area contributed by atoms with Gasteiger partial charge in [-0.3, -0.25) is 14.5 Å². The number of nitrogens with one attached hydrogen (secondary N) is 1. The molecule has 0 spiro atoms. The highest BCUT2D eigenvalue weighted by Crippen LogP contribution is 2.31. The maximum atomic E-state index is 13.6. The van der Waals surface area contributed by atoms with E-state index in [2.05, 4.69) is 17.2 Å². The molecular formula is C25H23FN4O2. The highest BCUT2D eigenvalue weighted by molar-refractivity contribution is 6.18. The number of aryl methyl sites for hydroxylation is 2. The maximum Gasteiger partial charge on any atom is 0.244 e. The fourth-order valence-electron chi connectivity index (χ4n) is 3.55. The van der Waals surface area contributed by atoms with Crippen LogP contribution in [-0.4, -0.2) is 29.1 Å². The van der Waals surface area contributed by atoms with Gasteiger partial charge in [0, 0.05) is 11.9 Å². The van der Waals surface area contributed by atoms with E-state index in [0.717, 1.165) is 17.5 Å². The molecule has 3 aromatic rings. The number of anilines is 2. The van der Waals surface area contributed by atoms with Gasteiger partial charge in [-0.25, -0.2) is 14.4 Å². The third kappa shape index (κ3) is 4.56. The number of amides is 2. The molecule has 2 heterocycles. The molecule has 0 bridgehead atoms. The second kappa shape index (κ2) is 9.09. The molecule has 1 aliphatic rings. The Morgan fingerprint density at radius 2 is 1.94 bits per heavy atom. The van der Waals surface area contributed by atoms with Gasteiger partial charge in [0.2, 0.25) is 11.8 Å². The number of aliphatic imine (C=N–C) groups is 1. The fraction of sp³-hybridized carbons (Fsp3) is 0.200. The van der Waals surface area contributed by atoms with Gasteiger partial charge in [-0.15, -0.1) is 0 Å². The average molecular weight is 430 g/mol. The van der Waals surface area contributed by atoms with Crippen LogP contribution in [0.15, 0.2) is 65.8 Å². The number of hydrogen-bond donors (Lipinski definition) is 1. The Hall–Kier alpha value is -3.87. The minimum Gasteiger partial charge on any atom is -0.324 e. The van der Waals surface area contributed by atoms with Crippen molar-refractivity contribution in [1.29, 1.82) is 0 Å².